The fourth-order valence-corrected chi connectivity index (χ4v) is 3.90. The standard InChI is InChI=1S/C12H21N3O2S/c1-3-4-8-18(16,17)14-11-6-5-7-12-10(11)9-13-15(12)2/h9,11,14H,3-8H2,1-2H3/t11-/m1/s1. The van der Waals surface area contributed by atoms with Crippen LogP contribution in [0, 0.1) is 0 Å². The number of aromatic nitrogens is 2. The van der Waals surface area contributed by atoms with Gasteiger partial charge in [-0.15, -0.1) is 0 Å². The molecule has 1 atom stereocenters. The number of hydrogen-bond acceptors (Lipinski definition) is 3. The second-order valence-electron chi connectivity index (χ2n) is 4.91. The second-order valence-corrected chi connectivity index (χ2v) is 6.78. The Labute approximate surface area is 109 Å². The van der Waals surface area contributed by atoms with E-state index >= 15 is 0 Å². The van der Waals surface area contributed by atoms with E-state index in [-0.39, 0.29) is 11.8 Å². The molecule has 0 aliphatic heterocycles. The van der Waals surface area contributed by atoms with Crippen molar-refractivity contribution < 1.29 is 8.42 Å². The van der Waals surface area contributed by atoms with Crippen LogP contribution in [-0.4, -0.2) is 24.0 Å². The summed E-state index contributed by atoms with van der Waals surface area (Å²) in [6, 6.07) is -0.0932. The molecule has 18 heavy (non-hydrogen) atoms. The van der Waals surface area contributed by atoms with E-state index in [4.69, 9.17) is 0 Å². The molecule has 6 heteroatoms. The van der Waals surface area contributed by atoms with Gasteiger partial charge >= 0.3 is 0 Å². The molecule has 0 unspecified atom stereocenters. The molecule has 0 saturated carbocycles. The summed E-state index contributed by atoms with van der Waals surface area (Å²) >= 11 is 0. The van der Waals surface area contributed by atoms with Crippen LogP contribution in [-0.2, 0) is 23.5 Å². The minimum atomic E-state index is -3.16. The predicted molar refractivity (Wildman–Crippen MR) is 70.7 cm³/mol. The van der Waals surface area contributed by atoms with Gasteiger partial charge < -0.3 is 0 Å². The molecular weight excluding hydrogens is 250 g/mol. The topological polar surface area (TPSA) is 64.0 Å². The van der Waals surface area contributed by atoms with Crippen molar-refractivity contribution >= 4 is 10.0 Å². The van der Waals surface area contributed by atoms with E-state index < -0.39 is 10.0 Å². The number of aryl methyl sites for hydroxylation is 1. The molecule has 1 aliphatic carbocycles. The molecule has 0 fully saturated rings. The maximum atomic E-state index is 11.9. The summed E-state index contributed by atoms with van der Waals surface area (Å²) in [4.78, 5) is 0. The number of rotatable bonds is 5. The Kier molecular flexibility index (Phi) is 4.07. The minimum Gasteiger partial charge on any atom is -0.272 e. The lowest BCUT2D eigenvalue weighted by atomic mass is 9.94. The summed E-state index contributed by atoms with van der Waals surface area (Å²) in [7, 11) is -1.25. The molecule has 0 amide bonds. The van der Waals surface area contributed by atoms with Gasteiger partial charge in [-0.25, -0.2) is 13.1 Å². The van der Waals surface area contributed by atoms with Crippen LogP contribution >= 0.6 is 0 Å². The predicted octanol–water partition coefficient (Wildman–Crippen LogP) is 1.52. The summed E-state index contributed by atoms with van der Waals surface area (Å²) in [5.74, 6) is 0.218. The van der Waals surface area contributed by atoms with Gasteiger partial charge in [-0.05, 0) is 25.7 Å². The Morgan fingerprint density at radius 1 is 1.56 bits per heavy atom. The van der Waals surface area contributed by atoms with Gasteiger partial charge in [0.15, 0.2) is 0 Å². The molecule has 0 aromatic carbocycles. The van der Waals surface area contributed by atoms with E-state index in [1.54, 1.807) is 6.20 Å². The van der Waals surface area contributed by atoms with Crippen LogP contribution in [0.5, 0.6) is 0 Å². The summed E-state index contributed by atoms with van der Waals surface area (Å²) in [6.07, 6.45) is 6.25. The van der Waals surface area contributed by atoms with Crippen LogP contribution in [0.1, 0.15) is 49.9 Å². The Hall–Kier alpha value is -0.880. The average molecular weight is 271 g/mol. The minimum absolute atomic E-state index is 0.0932. The molecule has 0 bridgehead atoms. The molecular formula is C12H21N3O2S. The first-order valence-corrected chi connectivity index (χ1v) is 8.19. The van der Waals surface area contributed by atoms with Crippen LogP contribution in [0.4, 0.5) is 0 Å². The van der Waals surface area contributed by atoms with E-state index in [0.717, 1.165) is 36.9 Å². The molecule has 102 valence electrons. The SMILES string of the molecule is CCCCS(=O)(=O)N[C@@H]1CCCc2c1cnn2C. The summed E-state index contributed by atoms with van der Waals surface area (Å²) in [6.45, 7) is 2.00. The van der Waals surface area contributed by atoms with Gasteiger partial charge in [0.05, 0.1) is 18.0 Å². The van der Waals surface area contributed by atoms with Crippen molar-refractivity contribution in [2.24, 2.45) is 7.05 Å². The normalized spacial score (nSPS) is 19.8. The monoisotopic (exact) mass is 271 g/mol. The zero-order valence-electron chi connectivity index (χ0n) is 11.0. The molecule has 1 aromatic heterocycles. The summed E-state index contributed by atoms with van der Waals surface area (Å²) in [5.41, 5.74) is 2.20. The third-order valence-corrected chi connectivity index (χ3v) is 4.93. The van der Waals surface area contributed by atoms with Gasteiger partial charge in [-0.1, -0.05) is 13.3 Å². The molecule has 0 spiro atoms. The van der Waals surface area contributed by atoms with Crippen LogP contribution in [0.2, 0.25) is 0 Å². The van der Waals surface area contributed by atoms with Crippen molar-refractivity contribution in [3.63, 3.8) is 0 Å². The first kappa shape index (κ1) is 13.5. The lowest BCUT2D eigenvalue weighted by Gasteiger charge is -2.23. The van der Waals surface area contributed by atoms with Crippen LogP contribution in [0.3, 0.4) is 0 Å². The lowest BCUT2D eigenvalue weighted by molar-refractivity contribution is 0.497. The van der Waals surface area contributed by atoms with Gasteiger partial charge in [0.2, 0.25) is 10.0 Å². The average Bonchev–Trinajstić information content (AvgIpc) is 2.70. The van der Waals surface area contributed by atoms with Gasteiger partial charge in [0, 0.05) is 18.3 Å². The lowest BCUT2D eigenvalue weighted by Crippen LogP contribution is -2.32. The highest BCUT2D eigenvalue weighted by Gasteiger charge is 2.26. The van der Waals surface area contributed by atoms with E-state index in [1.165, 1.54) is 0 Å². The van der Waals surface area contributed by atoms with Crippen LogP contribution < -0.4 is 4.72 Å². The Bertz CT molecular complexity index is 507. The molecule has 1 aromatic rings. The van der Waals surface area contributed by atoms with Gasteiger partial charge in [-0.2, -0.15) is 5.10 Å². The third-order valence-electron chi connectivity index (χ3n) is 3.46. The Morgan fingerprint density at radius 3 is 3.06 bits per heavy atom. The fraction of sp³-hybridized carbons (Fsp3) is 0.750. The summed E-state index contributed by atoms with van der Waals surface area (Å²) < 4.78 is 28.5. The number of nitrogens with one attached hydrogen (secondary N) is 1. The van der Waals surface area contributed by atoms with Crippen molar-refractivity contribution in [3.8, 4) is 0 Å². The van der Waals surface area contributed by atoms with Crippen molar-refractivity contribution in [1.29, 1.82) is 0 Å². The maximum absolute atomic E-state index is 11.9. The fourth-order valence-electron chi connectivity index (χ4n) is 2.44. The first-order valence-electron chi connectivity index (χ1n) is 6.54. The number of hydrogen-bond donors (Lipinski definition) is 1. The number of unbranched alkanes of at least 4 members (excludes halogenated alkanes) is 1. The van der Waals surface area contributed by atoms with Crippen molar-refractivity contribution in [2.45, 2.75) is 45.1 Å². The molecule has 0 radical (unpaired) electrons. The van der Waals surface area contributed by atoms with Crippen molar-refractivity contribution in [2.75, 3.05) is 5.75 Å². The molecule has 0 saturated heterocycles. The zero-order valence-corrected chi connectivity index (χ0v) is 11.8. The number of fused-ring (bicyclic) bond motifs is 1. The van der Waals surface area contributed by atoms with E-state index in [2.05, 4.69) is 9.82 Å². The Morgan fingerprint density at radius 2 is 2.33 bits per heavy atom. The van der Waals surface area contributed by atoms with Crippen molar-refractivity contribution in [1.82, 2.24) is 14.5 Å². The zero-order chi connectivity index (χ0) is 13.2. The maximum Gasteiger partial charge on any atom is 0.212 e. The molecule has 2 rings (SSSR count). The molecule has 1 N–H and O–H groups in total. The van der Waals surface area contributed by atoms with Crippen LogP contribution in [0.15, 0.2) is 6.20 Å². The first-order chi connectivity index (χ1) is 8.53. The second kappa shape index (κ2) is 5.40. The van der Waals surface area contributed by atoms with Gasteiger partial charge in [-0.3, -0.25) is 4.68 Å². The number of sulfonamides is 1. The van der Waals surface area contributed by atoms with E-state index in [1.807, 2.05) is 18.7 Å². The quantitative estimate of drug-likeness (QED) is 0.883. The van der Waals surface area contributed by atoms with Gasteiger partial charge in [0.25, 0.3) is 0 Å². The third kappa shape index (κ3) is 2.92. The molecule has 1 aliphatic rings. The largest absolute Gasteiger partial charge is 0.272 e. The highest BCUT2D eigenvalue weighted by atomic mass is 32.2. The molecule has 1 heterocycles. The summed E-state index contributed by atoms with van der Waals surface area (Å²) in [5, 5.41) is 4.22. The van der Waals surface area contributed by atoms with E-state index in [9.17, 15) is 8.42 Å². The molecule has 5 nitrogen and oxygen atoms in total. The van der Waals surface area contributed by atoms with Crippen molar-refractivity contribution in [3.05, 3.63) is 17.5 Å². The van der Waals surface area contributed by atoms with Crippen LogP contribution in [0.25, 0.3) is 0 Å². The number of nitrogens with zero attached hydrogens (tertiary/aromatic N) is 2. The van der Waals surface area contributed by atoms with E-state index in [0.29, 0.717) is 6.42 Å². The highest BCUT2D eigenvalue weighted by Crippen LogP contribution is 2.29. The Balaban J connectivity index is 2.12. The smallest absolute Gasteiger partial charge is 0.212 e. The highest BCUT2D eigenvalue weighted by molar-refractivity contribution is 7.89. The van der Waals surface area contributed by atoms with Gasteiger partial charge in [0.1, 0.15) is 0 Å².